The first-order valence-corrected chi connectivity index (χ1v) is 33.0. The molecule has 1 aromatic carbocycles. The number of methoxy groups -OCH3 is 1. The van der Waals surface area contributed by atoms with Gasteiger partial charge in [-0.25, -0.2) is 0 Å². The molecule has 18 N–H and O–H groups in total. The first-order chi connectivity index (χ1) is 47.2. The second-order valence-corrected chi connectivity index (χ2v) is 25.1. The number of carbonyl (C=O) groups excluding carboxylic acids is 5. The minimum absolute atomic E-state index is 0.0342. The van der Waals surface area contributed by atoms with Gasteiger partial charge in [-0.1, -0.05) is 32.3 Å². The molecule has 6 saturated heterocycles. The van der Waals surface area contributed by atoms with Crippen molar-refractivity contribution in [3.8, 4) is 17.6 Å². The lowest BCUT2D eigenvalue weighted by Crippen LogP contribution is -2.72. The van der Waals surface area contributed by atoms with Gasteiger partial charge in [-0.05, 0) is 38.0 Å². The maximum absolute atomic E-state index is 13.9. The maximum Gasteiger partial charge on any atom is 0.251 e. The average Bonchev–Trinajstić information content (AvgIpc) is 0.767. The summed E-state index contributed by atoms with van der Waals surface area (Å²) < 4.78 is 77.9. The molecule has 0 bridgehead atoms. The van der Waals surface area contributed by atoms with Crippen molar-refractivity contribution in [2.45, 2.75) is 270 Å². The van der Waals surface area contributed by atoms with Gasteiger partial charge in [0.25, 0.3) is 5.91 Å². The van der Waals surface area contributed by atoms with E-state index in [9.17, 15) is 90.4 Å². The fourth-order valence-electron chi connectivity index (χ4n) is 12.5. The standard InChI is InChI=1S/C63H99N5O31/c1-8-9-10-11-12-13-14-15-16-20-88-33-19-17-18-32(21-33)57(85)68-40-46(79)45(78)34(22-69)92-59(40)96-52-35(23-70)93-60(41(48(52)81)65-29(4)74)97-53-36(24-71)94-61(42(49(53)82)66-30(5)75)98-54-37(25-72)95-62(43(50(54)83)67-31(6)76)99-55-38(91-58(86)39(47(55)80)64-28(3)73)26-89-63-56(87-7)51(84)44(77)27(2)90-63/h17-19,21,27,34-56,58-63,69-72,77-84,86H,8-12,15-16,20,22-26H2,1-7H3,(H,64,73)(H,65,74)(H,66,75)(H,67,76)(H,68,85)/t27?,34?,35-,36?,37-,38?,39-,40-,41?,42-,43?,44?,45+,46?,47+,48?,49-,50?,51-,52+,53?,54+,55?,56+,58+,59-,60?,61-,62?,63+/m0/s1. The van der Waals surface area contributed by atoms with Gasteiger partial charge in [-0.2, -0.15) is 0 Å². The summed E-state index contributed by atoms with van der Waals surface area (Å²) in [4.78, 5) is 65.1. The molecule has 36 nitrogen and oxygen atoms in total. The quantitative estimate of drug-likeness (QED) is 0.0251. The third-order valence-electron chi connectivity index (χ3n) is 17.6. The number of ether oxygens (including phenoxy) is 13. The van der Waals surface area contributed by atoms with E-state index in [2.05, 4.69) is 45.3 Å². The molecule has 14 unspecified atom stereocenters. The van der Waals surface area contributed by atoms with Crippen LogP contribution in [0.25, 0.3) is 0 Å². The molecular weight excluding hydrogens is 1320 g/mol. The molecule has 1 aromatic rings. The maximum atomic E-state index is 13.9. The van der Waals surface area contributed by atoms with Crippen molar-refractivity contribution >= 4 is 29.5 Å². The zero-order valence-electron chi connectivity index (χ0n) is 56.0. The molecule has 6 aliphatic heterocycles. The summed E-state index contributed by atoms with van der Waals surface area (Å²) in [5.74, 6) is 2.59. The number of aliphatic hydroxyl groups excluding tert-OH is 13. The number of aliphatic hydroxyl groups is 13. The summed E-state index contributed by atoms with van der Waals surface area (Å²) in [5, 5.41) is 158. The molecule has 0 aliphatic carbocycles. The van der Waals surface area contributed by atoms with E-state index in [1.165, 1.54) is 26.2 Å². The van der Waals surface area contributed by atoms with Crippen molar-refractivity contribution in [2.75, 3.05) is 46.8 Å². The number of rotatable bonds is 30. The summed E-state index contributed by atoms with van der Waals surface area (Å²) in [6.45, 7) is 3.43. The van der Waals surface area contributed by atoms with E-state index in [-0.39, 0.29) is 12.2 Å². The zero-order chi connectivity index (χ0) is 72.5. The Morgan fingerprint density at radius 2 is 0.899 bits per heavy atom. The molecule has 0 radical (unpaired) electrons. The van der Waals surface area contributed by atoms with Crippen LogP contribution in [-0.2, 0) is 76.0 Å². The minimum atomic E-state index is -2.07. The number of carbonyl (C=O) groups is 5. The molecule has 6 heterocycles. The molecule has 5 amide bonds. The Bertz CT molecular complexity index is 2790. The number of benzene rings is 1. The normalized spacial score (nSPS) is 39.4. The minimum Gasteiger partial charge on any atom is -0.494 e. The SMILES string of the molecule is CCCCCCC#CCCCOc1cccc(C(=O)N[C@H]2C(O)[C@H](O)C(CO)O[C@H]2O[C@H]2C(O)C(NC(C)=O)C(OC3C(CO)O[C@@H](O[C@H]4C(O)C(NC(C)=O)C(OC5C(CO[C@@H]6OC(C)C(O)[C@H](O)[C@H]6OC)O[C@@H](O)[C@@H](NC(C)=O)[C@H]5O)O[C@H]4CO)[C@@H](NC(C)=O)[C@@H]3O)O[C@H]2CO)c1. The Labute approximate surface area is 571 Å². The third-order valence-corrected chi connectivity index (χ3v) is 17.6. The van der Waals surface area contributed by atoms with Gasteiger partial charge >= 0.3 is 0 Å². The fourth-order valence-corrected chi connectivity index (χ4v) is 12.5. The lowest BCUT2D eigenvalue weighted by atomic mass is 9.93. The first kappa shape index (κ1) is 81.2. The van der Waals surface area contributed by atoms with Crippen LogP contribution < -0.4 is 31.3 Å². The largest absolute Gasteiger partial charge is 0.494 e. The highest BCUT2D eigenvalue weighted by atomic mass is 16.8. The number of hydrogen-bond acceptors (Lipinski definition) is 31. The van der Waals surface area contributed by atoms with Crippen LogP contribution in [0.5, 0.6) is 5.75 Å². The van der Waals surface area contributed by atoms with Crippen LogP contribution in [0, 0.1) is 11.8 Å². The Kier molecular flexibility index (Phi) is 31.5. The van der Waals surface area contributed by atoms with Crippen LogP contribution in [0.1, 0.15) is 96.8 Å². The molecule has 6 fully saturated rings. The molecule has 0 aromatic heterocycles. The monoisotopic (exact) mass is 1420 g/mol. The van der Waals surface area contributed by atoms with Crippen LogP contribution in [0.15, 0.2) is 24.3 Å². The lowest BCUT2D eigenvalue weighted by molar-refractivity contribution is -0.368. The molecule has 30 atom stereocenters. The van der Waals surface area contributed by atoms with E-state index in [1.54, 1.807) is 12.1 Å². The van der Waals surface area contributed by atoms with Crippen LogP contribution in [0.4, 0.5) is 0 Å². The van der Waals surface area contributed by atoms with Gasteiger partial charge in [0.1, 0.15) is 146 Å². The zero-order valence-corrected chi connectivity index (χ0v) is 56.0. The fraction of sp³-hybridized carbons (Fsp3) is 0.794. The lowest BCUT2D eigenvalue weighted by Gasteiger charge is -2.51. The number of amides is 5. The van der Waals surface area contributed by atoms with Gasteiger partial charge in [-0.3, -0.25) is 24.0 Å². The van der Waals surface area contributed by atoms with E-state index in [4.69, 9.17) is 61.6 Å². The molecule has 0 spiro atoms. The second-order valence-electron chi connectivity index (χ2n) is 25.1. The summed E-state index contributed by atoms with van der Waals surface area (Å²) in [5.41, 5.74) is 0.0342. The Morgan fingerprint density at radius 3 is 1.35 bits per heavy atom. The second kappa shape index (κ2) is 38.4. The predicted molar refractivity (Wildman–Crippen MR) is 332 cm³/mol. The Balaban J connectivity index is 1.07. The van der Waals surface area contributed by atoms with Crippen molar-refractivity contribution in [3.05, 3.63) is 29.8 Å². The molecular formula is C63H99N5O31. The predicted octanol–water partition coefficient (Wildman–Crippen LogP) is -7.27. The van der Waals surface area contributed by atoms with E-state index >= 15 is 0 Å². The van der Waals surface area contributed by atoms with Crippen LogP contribution in [-0.4, -0.2) is 327 Å². The van der Waals surface area contributed by atoms with Gasteiger partial charge in [0, 0.05) is 53.2 Å². The summed E-state index contributed by atoms with van der Waals surface area (Å²) in [6.07, 6.45) is -37.0. The molecule has 562 valence electrons. The van der Waals surface area contributed by atoms with Gasteiger partial charge in [-0.15, -0.1) is 11.8 Å². The highest BCUT2D eigenvalue weighted by molar-refractivity contribution is 5.94. The van der Waals surface area contributed by atoms with Crippen LogP contribution in [0.2, 0.25) is 0 Å². The Hall–Kier alpha value is -5.07. The van der Waals surface area contributed by atoms with Gasteiger partial charge in [0.05, 0.1) is 45.7 Å². The average molecular weight is 1420 g/mol. The summed E-state index contributed by atoms with van der Waals surface area (Å²) in [6, 6.07) is -2.53. The number of nitrogens with one attached hydrogen (secondary N) is 5. The van der Waals surface area contributed by atoms with Crippen molar-refractivity contribution in [3.63, 3.8) is 0 Å². The first-order valence-electron chi connectivity index (χ1n) is 33.0. The third kappa shape index (κ3) is 20.9. The highest BCUT2D eigenvalue weighted by Crippen LogP contribution is 2.37. The van der Waals surface area contributed by atoms with Gasteiger partial charge in [0.15, 0.2) is 37.7 Å². The van der Waals surface area contributed by atoms with Crippen molar-refractivity contribution < 1.29 is 152 Å². The van der Waals surface area contributed by atoms with Gasteiger partial charge < -0.3 is 155 Å². The van der Waals surface area contributed by atoms with Crippen molar-refractivity contribution in [1.82, 2.24) is 26.6 Å². The van der Waals surface area contributed by atoms with Crippen molar-refractivity contribution in [1.29, 1.82) is 0 Å². The van der Waals surface area contributed by atoms with E-state index in [0.29, 0.717) is 18.6 Å². The summed E-state index contributed by atoms with van der Waals surface area (Å²) >= 11 is 0. The Morgan fingerprint density at radius 1 is 0.465 bits per heavy atom. The smallest absolute Gasteiger partial charge is 0.251 e. The highest BCUT2D eigenvalue weighted by Gasteiger charge is 2.58. The van der Waals surface area contributed by atoms with Crippen LogP contribution in [0.3, 0.4) is 0 Å². The topological polar surface area (TPSA) is 528 Å². The molecule has 99 heavy (non-hydrogen) atoms. The summed E-state index contributed by atoms with van der Waals surface area (Å²) in [7, 11) is 1.21. The molecule has 36 heteroatoms. The van der Waals surface area contributed by atoms with E-state index in [0.717, 1.165) is 59.8 Å². The van der Waals surface area contributed by atoms with Gasteiger partial charge in [0.2, 0.25) is 23.6 Å². The van der Waals surface area contributed by atoms with E-state index < -0.39 is 246 Å². The molecule has 0 saturated carbocycles. The van der Waals surface area contributed by atoms with Crippen molar-refractivity contribution in [2.24, 2.45) is 0 Å². The molecule has 7 rings (SSSR count). The van der Waals surface area contributed by atoms with E-state index in [1.807, 2.05) is 0 Å². The number of unbranched alkanes of at least 4 members (excludes halogenated alkanes) is 5. The number of hydrogen-bond donors (Lipinski definition) is 18. The van der Waals surface area contributed by atoms with Crippen LogP contribution >= 0.6 is 0 Å². The molecule has 6 aliphatic rings.